The van der Waals surface area contributed by atoms with Gasteiger partial charge in [-0.2, -0.15) is 0 Å². The summed E-state index contributed by atoms with van der Waals surface area (Å²) in [6.45, 7) is 3.04. The lowest BCUT2D eigenvalue weighted by Gasteiger charge is -2.56. The van der Waals surface area contributed by atoms with E-state index in [2.05, 4.69) is 10.6 Å². The predicted octanol–water partition coefficient (Wildman–Crippen LogP) is 3.98. The summed E-state index contributed by atoms with van der Waals surface area (Å²) in [5.74, 6) is 0.457. The van der Waals surface area contributed by atoms with Crippen LogP contribution in [0.4, 0.5) is 5.69 Å². The van der Waals surface area contributed by atoms with Gasteiger partial charge in [0.05, 0.1) is 13.2 Å². The van der Waals surface area contributed by atoms with Gasteiger partial charge in [-0.15, -0.1) is 0 Å². The van der Waals surface area contributed by atoms with Crippen LogP contribution in [0.15, 0.2) is 42.5 Å². The maximum atomic E-state index is 13.6. The lowest BCUT2D eigenvalue weighted by Crippen LogP contribution is -2.71. The largest absolute Gasteiger partial charge is 0.493 e. The highest BCUT2D eigenvalue weighted by Gasteiger charge is 2.58. The molecule has 0 saturated carbocycles. The normalized spacial score (nSPS) is 23.6. The summed E-state index contributed by atoms with van der Waals surface area (Å²) in [6.07, 6.45) is 0.728. The molecule has 32 heavy (non-hydrogen) atoms. The number of fused-ring (bicyclic) bond motifs is 4. The van der Waals surface area contributed by atoms with Crippen LogP contribution in [0.25, 0.3) is 0 Å². The Bertz CT molecular complexity index is 1020. The monoisotopic (exact) mass is 475 g/mol. The summed E-state index contributed by atoms with van der Waals surface area (Å²) in [6, 6.07) is 12.3. The van der Waals surface area contributed by atoms with Crippen molar-refractivity contribution in [1.29, 1.82) is 0 Å². The van der Waals surface area contributed by atoms with Crippen molar-refractivity contribution in [3.8, 4) is 11.5 Å². The molecule has 7 nitrogen and oxygen atoms in total. The lowest BCUT2D eigenvalue weighted by atomic mass is 9.78. The number of amides is 1. The van der Waals surface area contributed by atoms with Gasteiger partial charge in [0.2, 0.25) is 5.91 Å². The van der Waals surface area contributed by atoms with E-state index in [1.54, 1.807) is 38.5 Å². The fourth-order valence-electron chi connectivity index (χ4n) is 4.44. The molecule has 1 saturated heterocycles. The van der Waals surface area contributed by atoms with Gasteiger partial charge in [-0.25, -0.2) is 0 Å². The number of anilines is 1. The average Bonchev–Trinajstić information content (AvgIpc) is 2.77. The summed E-state index contributed by atoms with van der Waals surface area (Å²) in [4.78, 5) is 15.6. The average molecular weight is 476 g/mol. The van der Waals surface area contributed by atoms with Crippen LogP contribution in [0.5, 0.6) is 11.5 Å². The van der Waals surface area contributed by atoms with E-state index in [1.807, 2.05) is 30.0 Å². The number of ether oxygens (including phenoxy) is 3. The van der Waals surface area contributed by atoms with E-state index in [0.717, 1.165) is 12.0 Å². The lowest BCUT2D eigenvalue weighted by molar-refractivity contribution is -0.149. The smallest absolute Gasteiger partial charge is 0.236 e. The van der Waals surface area contributed by atoms with Gasteiger partial charge >= 0.3 is 0 Å². The Balaban J connectivity index is 1.75. The third-order valence-electron chi connectivity index (χ3n) is 5.97. The summed E-state index contributed by atoms with van der Waals surface area (Å²) < 4.78 is 17.3. The number of benzene rings is 2. The quantitative estimate of drug-likeness (QED) is 0.463. The van der Waals surface area contributed by atoms with E-state index in [9.17, 15) is 4.79 Å². The Hall–Kier alpha value is -2.55. The molecule has 2 aromatic carbocycles. The Kier molecular flexibility index (Phi) is 6.46. The molecule has 2 aromatic rings. The number of nitrogens with one attached hydrogen (secondary N) is 2. The number of halogens is 1. The molecule has 0 radical (unpaired) electrons. The second-order valence-corrected chi connectivity index (χ2v) is 8.76. The van der Waals surface area contributed by atoms with Gasteiger partial charge in [-0.1, -0.05) is 23.7 Å². The molecule has 170 valence electrons. The molecule has 4 rings (SSSR count). The Morgan fingerprint density at radius 1 is 1.28 bits per heavy atom. The molecule has 2 bridgehead atoms. The van der Waals surface area contributed by atoms with E-state index in [4.69, 9.17) is 38.0 Å². The van der Waals surface area contributed by atoms with Gasteiger partial charge in [0.25, 0.3) is 0 Å². The first-order valence-corrected chi connectivity index (χ1v) is 11.2. The maximum Gasteiger partial charge on any atom is 0.236 e. The third-order valence-corrected chi connectivity index (χ3v) is 6.56. The van der Waals surface area contributed by atoms with E-state index in [-0.39, 0.29) is 11.9 Å². The number of hydrogen-bond acceptors (Lipinski definition) is 5. The number of thiocarbonyl (C=S) groups is 1. The predicted molar refractivity (Wildman–Crippen MR) is 127 cm³/mol. The molecule has 3 atom stereocenters. The minimum atomic E-state index is -1.03. The minimum Gasteiger partial charge on any atom is -0.493 e. The van der Waals surface area contributed by atoms with Crippen molar-refractivity contribution >= 4 is 40.5 Å². The minimum absolute atomic E-state index is 0.181. The highest BCUT2D eigenvalue weighted by Crippen LogP contribution is 2.51. The van der Waals surface area contributed by atoms with Crippen molar-refractivity contribution < 1.29 is 19.0 Å². The first-order chi connectivity index (χ1) is 15.4. The second-order valence-electron chi connectivity index (χ2n) is 7.93. The number of methoxy groups -OCH3 is 2. The second kappa shape index (κ2) is 9.13. The number of rotatable bonds is 7. The van der Waals surface area contributed by atoms with E-state index >= 15 is 0 Å². The van der Waals surface area contributed by atoms with Gasteiger partial charge in [0.1, 0.15) is 5.92 Å². The maximum absolute atomic E-state index is 13.6. The molecular weight excluding hydrogens is 450 g/mol. The van der Waals surface area contributed by atoms with Crippen LogP contribution in [0, 0.1) is 5.92 Å². The first-order valence-electron chi connectivity index (χ1n) is 10.4. The van der Waals surface area contributed by atoms with Crippen molar-refractivity contribution in [2.24, 2.45) is 5.92 Å². The Morgan fingerprint density at radius 2 is 2.03 bits per heavy atom. The summed E-state index contributed by atoms with van der Waals surface area (Å²) in [7, 11) is 3.26. The molecule has 9 heteroatoms. The van der Waals surface area contributed by atoms with Crippen molar-refractivity contribution in [2.75, 3.05) is 32.7 Å². The van der Waals surface area contributed by atoms with Crippen LogP contribution >= 0.6 is 23.8 Å². The van der Waals surface area contributed by atoms with Crippen LogP contribution in [-0.4, -0.2) is 49.0 Å². The molecule has 2 N–H and O–H groups in total. The molecule has 0 aromatic heterocycles. The molecule has 2 aliphatic rings. The number of carbonyl (C=O) groups is 1. The van der Waals surface area contributed by atoms with Crippen LogP contribution < -0.4 is 20.1 Å². The Morgan fingerprint density at radius 3 is 2.72 bits per heavy atom. The molecule has 0 unspecified atom stereocenters. The number of para-hydroxylation sites is 1. The SMILES string of the molecule is COCCCN1C(=S)N[C@H]2c3cccc(OC)c3O[C@]1(C)[C@@H]2C(=O)Nc1ccc(Cl)cc1. The van der Waals surface area contributed by atoms with Crippen LogP contribution in [0.3, 0.4) is 0 Å². The van der Waals surface area contributed by atoms with Crippen molar-refractivity contribution in [1.82, 2.24) is 10.2 Å². The summed E-state index contributed by atoms with van der Waals surface area (Å²) in [5, 5.41) is 7.54. The fraction of sp³-hybridized carbons (Fsp3) is 0.391. The number of hydrogen-bond donors (Lipinski definition) is 2. The van der Waals surface area contributed by atoms with E-state index < -0.39 is 11.6 Å². The molecule has 0 spiro atoms. The van der Waals surface area contributed by atoms with Gasteiger partial charge < -0.3 is 29.7 Å². The molecule has 2 aliphatic heterocycles. The van der Waals surface area contributed by atoms with Gasteiger partial charge in [-0.05, 0) is 55.9 Å². The van der Waals surface area contributed by atoms with E-state index in [0.29, 0.717) is 40.5 Å². The van der Waals surface area contributed by atoms with Gasteiger partial charge in [0, 0.05) is 36.5 Å². The molecule has 0 aliphatic carbocycles. The van der Waals surface area contributed by atoms with Crippen LogP contribution in [-0.2, 0) is 9.53 Å². The number of nitrogens with zero attached hydrogens (tertiary/aromatic N) is 1. The van der Waals surface area contributed by atoms with Crippen molar-refractivity contribution in [3.05, 3.63) is 53.1 Å². The first kappa shape index (κ1) is 22.6. The van der Waals surface area contributed by atoms with Gasteiger partial charge in [-0.3, -0.25) is 4.79 Å². The van der Waals surface area contributed by atoms with Crippen molar-refractivity contribution in [3.63, 3.8) is 0 Å². The molecule has 1 amide bonds. The highest BCUT2D eigenvalue weighted by molar-refractivity contribution is 7.80. The fourth-order valence-corrected chi connectivity index (χ4v) is 4.97. The zero-order chi connectivity index (χ0) is 22.9. The number of carbonyl (C=O) groups excluding carboxylic acids is 1. The molecule has 2 heterocycles. The Labute approximate surface area is 198 Å². The zero-order valence-electron chi connectivity index (χ0n) is 18.2. The molecule has 1 fully saturated rings. The van der Waals surface area contributed by atoms with Crippen LogP contribution in [0.2, 0.25) is 5.02 Å². The van der Waals surface area contributed by atoms with E-state index in [1.165, 1.54) is 0 Å². The van der Waals surface area contributed by atoms with Crippen molar-refractivity contribution in [2.45, 2.75) is 25.1 Å². The zero-order valence-corrected chi connectivity index (χ0v) is 19.8. The topological polar surface area (TPSA) is 72.1 Å². The van der Waals surface area contributed by atoms with Gasteiger partial charge in [0.15, 0.2) is 22.3 Å². The van der Waals surface area contributed by atoms with Crippen LogP contribution in [0.1, 0.15) is 24.9 Å². The molecular formula is C23H26ClN3O4S. The third kappa shape index (κ3) is 3.98. The highest BCUT2D eigenvalue weighted by atomic mass is 35.5. The summed E-state index contributed by atoms with van der Waals surface area (Å²) >= 11 is 11.7. The summed E-state index contributed by atoms with van der Waals surface area (Å²) in [5.41, 5.74) is 0.460. The standard InChI is InChI=1S/C23H26ClN3O4S/c1-23-18(21(28)25-15-10-8-14(24)9-11-15)19(26-22(32)27(23)12-5-13-29-2)16-6-4-7-17(30-3)20(16)31-23/h4,6-11,18-19H,5,12-13H2,1-3H3,(H,25,28)(H,26,32)/t18-,19-,23+/m0/s1.